The van der Waals surface area contributed by atoms with E-state index in [1.807, 2.05) is 24.0 Å². The molecule has 0 amide bonds. The van der Waals surface area contributed by atoms with E-state index in [0.29, 0.717) is 5.92 Å². The van der Waals surface area contributed by atoms with Gasteiger partial charge in [-0.2, -0.15) is 0 Å². The highest BCUT2D eigenvalue weighted by molar-refractivity contribution is 5.03. The number of aromatic nitrogens is 2. The Bertz CT molecular complexity index is 402. The average Bonchev–Trinajstić information content (AvgIpc) is 3.16. The third kappa shape index (κ3) is 3.35. The molecular formula is C14H26N4O. The molecule has 1 saturated carbocycles. The quantitative estimate of drug-likeness (QED) is 0.723. The number of rotatable bonds is 8. The first kappa shape index (κ1) is 14.5. The third-order valence-corrected chi connectivity index (χ3v) is 4.05. The first-order chi connectivity index (χ1) is 9.11. The van der Waals surface area contributed by atoms with Crippen LogP contribution >= 0.6 is 0 Å². The largest absolute Gasteiger partial charge is 0.394 e. The minimum Gasteiger partial charge on any atom is -0.394 e. The lowest BCUT2D eigenvalue weighted by molar-refractivity contribution is 0.0985. The molecule has 0 spiro atoms. The summed E-state index contributed by atoms with van der Waals surface area (Å²) in [5, 5.41) is 13.4. The van der Waals surface area contributed by atoms with E-state index in [1.165, 1.54) is 12.8 Å². The summed E-state index contributed by atoms with van der Waals surface area (Å²) in [6, 6.07) is 0. The fourth-order valence-corrected chi connectivity index (χ4v) is 2.88. The van der Waals surface area contributed by atoms with Gasteiger partial charge in [-0.1, -0.05) is 6.92 Å². The second-order valence-corrected chi connectivity index (χ2v) is 5.75. The maximum absolute atomic E-state index is 9.84. The van der Waals surface area contributed by atoms with E-state index in [2.05, 4.69) is 29.2 Å². The first-order valence-electron chi connectivity index (χ1n) is 7.12. The molecule has 1 heterocycles. The van der Waals surface area contributed by atoms with Crippen molar-refractivity contribution in [2.45, 2.75) is 31.8 Å². The Kier molecular flexibility index (Phi) is 4.60. The summed E-state index contributed by atoms with van der Waals surface area (Å²) < 4.78 is 2.04. The molecule has 5 nitrogen and oxygen atoms in total. The van der Waals surface area contributed by atoms with Crippen molar-refractivity contribution >= 4 is 0 Å². The molecule has 0 saturated heterocycles. The molecule has 2 rings (SSSR count). The van der Waals surface area contributed by atoms with Crippen molar-refractivity contribution in [3.63, 3.8) is 0 Å². The number of aliphatic hydroxyl groups excluding tert-OH is 1. The van der Waals surface area contributed by atoms with Gasteiger partial charge in [0, 0.05) is 26.0 Å². The van der Waals surface area contributed by atoms with Crippen molar-refractivity contribution in [2.75, 3.05) is 26.7 Å². The zero-order valence-corrected chi connectivity index (χ0v) is 12.3. The molecular weight excluding hydrogens is 240 g/mol. The van der Waals surface area contributed by atoms with E-state index in [4.69, 9.17) is 0 Å². The number of hydrogen-bond donors (Lipinski definition) is 2. The summed E-state index contributed by atoms with van der Waals surface area (Å²) in [6.45, 7) is 4.87. The Morgan fingerprint density at radius 2 is 2.32 bits per heavy atom. The summed E-state index contributed by atoms with van der Waals surface area (Å²) in [6.07, 6.45) is 6.24. The Balaban J connectivity index is 1.98. The lowest BCUT2D eigenvalue weighted by Crippen LogP contribution is -2.57. The zero-order chi connectivity index (χ0) is 13.9. The molecule has 0 aromatic carbocycles. The van der Waals surface area contributed by atoms with Crippen molar-refractivity contribution in [3.8, 4) is 0 Å². The summed E-state index contributed by atoms with van der Waals surface area (Å²) in [4.78, 5) is 6.61. The predicted octanol–water partition coefficient (Wildman–Crippen LogP) is 0.603. The summed E-state index contributed by atoms with van der Waals surface area (Å²) in [7, 11) is 4.11. The lowest BCUT2D eigenvalue weighted by Gasteiger charge is -2.36. The van der Waals surface area contributed by atoms with Gasteiger partial charge in [0.15, 0.2) is 0 Å². The fraction of sp³-hybridized carbons (Fsp3) is 0.786. The molecule has 1 aliphatic rings. The standard InChI is InChI=1S/C14H26N4O/c1-4-16-14(11-19,12-5-6-12)10-17(2)9-13-15-7-8-18(13)3/h7-8,12,16,19H,4-6,9-11H2,1-3H3. The Labute approximate surface area is 115 Å². The number of aliphatic hydroxyl groups is 1. The van der Waals surface area contributed by atoms with Crippen LogP contribution in [0.2, 0.25) is 0 Å². The molecule has 1 unspecified atom stereocenters. The van der Waals surface area contributed by atoms with Crippen LogP contribution in [0, 0.1) is 5.92 Å². The second kappa shape index (κ2) is 6.03. The van der Waals surface area contributed by atoms with Crippen molar-refractivity contribution in [1.29, 1.82) is 0 Å². The summed E-state index contributed by atoms with van der Waals surface area (Å²) >= 11 is 0. The average molecular weight is 266 g/mol. The number of hydrogen-bond acceptors (Lipinski definition) is 4. The number of imidazole rings is 1. The van der Waals surface area contributed by atoms with E-state index in [-0.39, 0.29) is 12.1 Å². The van der Waals surface area contributed by atoms with Crippen molar-refractivity contribution in [3.05, 3.63) is 18.2 Å². The van der Waals surface area contributed by atoms with Gasteiger partial charge >= 0.3 is 0 Å². The van der Waals surface area contributed by atoms with Crippen molar-refractivity contribution < 1.29 is 5.11 Å². The van der Waals surface area contributed by atoms with E-state index < -0.39 is 0 Å². The second-order valence-electron chi connectivity index (χ2n) is 5.75. The van der Waals surface area contributed by atoms with Gasteiger partial charge in [-0.25, -0.2) is 4.98 Å². The van der Waals surface area contributed by atoms with Crippen molar-refractivity contribution in [2.24, 2.45) is 13.0 Å². The van der Waals surface area contributed by atoms with Gasteiger partial charge < -0.3 is 15.0 Å². The van der Waals surface area contributed by atoms with E-state index in [9.17, 15) is 5.11 Å². The molecule has 1 aromatic rings. The summed E-state index contributed by atoms with van der Waals surface area (Å²) in [5.41, 5.74) is -0.144. The minimum atomic E-state index is -0.144. The molecule has 0 aliphatic heterocycles. The molecule has 2 N–H and O–H groups in total. The maximum atomic E-state index is 9.84. The van der Waals surface area contributed by atoms with E-state index in [0.717, 1.165) is 25.5 Å². The minimum absolute atomic E-state index is 0.144. The maximum Gasteiger partial charge on any atom is 0.122 e. The van der Waals surface area contributed by atoms with Crippen LogP contribution in [-0.4, -0.2) is 51.8 Å². The zero-order valence-electron chi connectivity index (χ0n) is 12.3. The van der Waals surface area contributed by atoms with Gasteiger partial charge in [0.25, 0.3) is 0 Å². The SMILES string of the molecule is CCNC(CO)(CN(C)Cc1nccn1C)C1CC1. The number of aryl methyl sites for hydroxylation is 1. The Hall–Kier alpha value is -0.910. The molecule has 5 heteroatoms. The Morgan fingerprint density at radius 1 is 1.58 bits per heavy atom. The number of nitrogens with one attached hydrogen (secondary N) is 1. The van der Waals surface area contributed by atoms with Crippen LogP contribution in [-0.2, 0) is 13.6 Å². The van der Waals surface area contributed by atoms with Crippen LogP contribution in [0.4, 0.5) is 0 Å². The van der Waals surface area contributed by atoms with E-state index >= 15 is 0 Å². The van der Waals surface area contributed by atoms with Crippen LogP contribution in [0.3, 0.4) is 0 Å². The van der Waals surface area contributed by atoms with Crippen LogP contribution < -0.4 is 5.32 Å². The van der Waals surface area contributed by atoms with Crippen LogP contribution in [0.15, 0.2) is 12.4 Å². The molecule has 1 fully saturated rings. The normalized spacial score (nSPS) is 18.8. The molecule has 108 valence electrons. The van der Waals surface area contributed by atoms with Gasteiger partial charge in [-0.3, -0.25) is 4.90 Å². The highest BCUT2D eigenvalue weighted by Crippen LogP contribution is 2.40. The summed E-state index contributed by atoms with van der Waals surface area (Å²) in [5.74, 6) is 1.67. The Morgan fingerprint density at radius 3 is 2.79 bits per heavy atom. The van der Waals surface area contributed by atoms with Gasteiger partial charge in [0.2, 0.25) is 0 Å². The molecule has 0 radical (unpaired) electrons. The van der Waals surface area contributed by atoms with Crippen molar-refractivity contribution in [1.82, 2.24) is 19.8 Å². The van der Waals surface area contributed by atoms with Gasteiger partial charge in [0.05, 0.1) is 18.7 Å². The molecule has 0 bridgehead atoms. The van der Waals surface area contributed by atoms with Gasteiger partial charge in [0.1, 0.15) is 5.82 Å². The van der Waals surface area contributed by atoms with Gasteiger partial charge in [-0.15, -0.1) is 0 Å². The highest BCUT2D eigenvalue weighted by atomic mass is 16.3. The lowest BCUT2D eigenvalue weighted by atomic mass is 9.93. The topological polar surface area (TPSA) is 53.3 Å². The van der Waals surface area contributed by atoms with Crippen LogP contribution in [0.25, 0.3) is 0 Å². The van der Waals surface area contributed by atoms with Gasteiger partial charge in [-0.05, 0) is 32.4 Å². The first-order valence-corrected chi connectivity index (χ1v) is 7.12. The number of likely N-dealkylation sites (N-methyl/N-ethyl adjacent to an activating group) is 2. The van der Waals surface area contributed by atoms with Crippen LogP contribution in [0.1, 0.15) is 25.6 Å². The third-order valence-electron chi connectivity index (χ3n) is 4.05. The smallest absolute Gasteiger partial charge is 0.122 e. The molecule has 1 aromatic heterocycles. The molecule has 19 heavy (non-hydrogen) atoms. The van der Waals surface area contributed by atoms with E-state index in [1.54, 1.807) is 0 Å². The highest BCUT2D eigenvalue weighted by Gasteiger charge is 2.44. The fourth-order valence-electron chi connectivity index (χ4n) is 2.88. The van der Waals surface area contributed by atoms with Crippen LogP contribution in [0.5, 0.6) is 0 Å². The monoisotopic (exact) mass is 266 g/mol. The predicted molar refractivity (Wildman–Crippen MR) is 75.8 cm³/mol. The molecule has 1 atom stereocenters. The molecule has 1 aliphatic carbocycles. The number of nitrogens with zero attached hydrogens (tertiary/aromatic N) is 3.